The zero-order valence-corrected chi connectivity index (χ0v) is 20.8. The highest BCUT2D eigenvalue weighted by molar-refractivity contribution is 7.98. The number of aromatic nitrogens is 3. The van der Waals surface area contributed by atoms with Crippen molar-refractivity contribution in [2.45, 2.75) is 69.3 Å². The fourth-order valence-electron chi connectivity index (χ4n) is 4.27. The van der Waals surface area contributed by atoms with E-state index in [1.54, 1.807) is 34.4 Å². The Kier molecular flexibility index (Phi) is 6.76. The predicted molar refractivity (Wildman–Crippen MR) is 137 cm³/mol. The average molecular weight is 482 g/mol. The summed E-state index contributed by atoms with van der Waals surface area (Å²) in [6.45, 7) is 2.94. The van der Waals surface area contributed by atoms with Crippen molar-refractivity contribution in [1.29, 1.82) is 0 Å². The van der Waals surface area contributed by atoms with Gasteiger partial charge in [0.2, 0.25) is 0 Å². The third kappa shape index (κ3) is 4.43. The van der Waals surface area contributed by atoms with E-state index in [0.29, 0.717) is 0 Å². The third-order valence-electron chi connectivity index (χ3n) is 5.95. The van der Waals surface area contributed by atoms with Crippen LogP contribution < -0.4 is 5.56 Å². The van der Waals surface area contributed by atoms with E-state index < -0.39 is 0 Å². The lowest BCUT2D eigenvalue weighted by molar-refractivity contribution is 0.541. The smallest absolute Gasteiger partial charge is 0.263 e. The molecule has 0 N–H and O–H groups in total. The van der Waals surface area contributed by atoms with E-state index in [2.05, 4.69) is 24.4 Å². The van der Waals surface area contributed by atoms with Gasteiger partial charge < -0.3 is 0 Å². The second kappa shape index (κ2) is 9.89. The number of aryl methyl sites for hydroxylation is 2. The van der Waals surface area contributed by atoms with E-state index in [4.69, 9.17) is 9.97 Å². The van der Waals surface area contributed by atoms with Crippen LogP contribution in [0.1, 0.15) is 55.2 Å². The summed E-state index contributed by atoms with van der Waals surface area (Å²) in [6, 6.07) is 10.3. The van der Waals surface area contributed by atoms with Crippen molar-refractivity contribution in [1.82, 2.24) is 14.5 Å². The molecule has 0 atom stereocenters. The molecule has 1 aromatic carbocycles. The summed E-state index contributed by atoms with van der Waals surface area (Å²) in [6.07, 6.45) is 7.80. The molecule has 4 nitrogen and oxygen atoms in total. The van der Waals surface area contributed by atoms with Gasteiger partial charge in [-0.05, 0) is 37.7 Å². The fraction of sp³-hybridized carbons (Fsp3) is 0.400. The summed E-state index contributed by atoms with van der Waals surface area (Å²) in [5.41, 5.74) is 3.63. The minimum Gasteiger partial charge on any atom is -0.287 e. The standard InChI is InChI=1S/C25H27N3OS3/c1-2-3-9-14-28-24(29)21-19-12-7-8-13-20(19)32-23(21)27-25(28)31-16-18-15-30-22(26-18)17-10-5-4-6-11-17/h4-6,10-11,15H,2-3,7-9,12-14,16H2,1H3. The van der Waals surface area contributed by atoms with Crippen LogP contribution in [0.4, 0.5) is 0 Å². The molecule has 0 saturated carbocycles. The third-order valence-corrected chi connectivity index (χ3v) is 9.08. The number of thiazole rings is 1. The van der Waals surface area contributed by atoms with Gasteiger partial charge in [-0.15, -0.1) is 22.7 Å². The molecule has 1 aliphatic rings. The zero-order chi connectivity index (χ0) is 21.9. The Morgan fingerprint density at radius 2 is 1.94 bits per heavy atom. The number of hydrogen-bond acceptors (Lipinski definition) is 6. The van der Waals surface area contributed by atoms with Gasteiger partial charge in [-0.2, -0.15) is 0 Å². The lowest BCUT2D eigenvalue weighted by Gasteiger charge is -2.13. The SMILES string of the molecule is CCCCCn1c(SCc2csc(-c3ccccc3)n2)nc2sc3c(c2c1=O)CCCC3. The monoisotopic (exact) mass is 481 g/mol. The van der Waals surface area contributed by atoms with Crippen LogP contribution in [0.15, 0.2) is 45.7 Å². The van der Waals surface area contributed by atoms with Crippen molar-refractivity contribution in [2.24, 2.45) is 0 Å². The predicted octanol–water partition coefficient (Wildman–Crippen LogP) is 6.94. The fourth-order valence-corrected chi connectivity index (χ4v) is 7.42. The highest BCUT2D eigenvalue weighted by Crippen LogP contribution is 2.35. The maximum Gasteiger partial charge on any atom is 0.263 e. The van der Waals surface area contributed by atoms with Crippen LogP contribution in [0.25, 0.3) is 20.8 Å². The normalized spacial score (nSPS) is 13.5. The molecular weight excluding hydrogens is 454 g/mol. The number of thiophene rings is 1. The van der Waals surface area contributed by atoms with Gasteiger partial charge in [-0.1, -0.05) is 61.9 Å². The molecule has 0 unspecified atom stereocenters. The average Bonchev–Trinajstić information content (AvgIpc) is 3.44. The van der Waals surface area contributed by atoms with E-state index in [1.807, 2.05) is 22.8 Å². The molecule has 1 aliphatic carbocycles. The van der Waals surface area contributed by atoms with Gasteiger partial charge >= 0.3 is 0 Å². The minimum absolute atomic E-state index is 0.163. The molecule has 32 heavy (non-hydrogen) atoms. The molecule has 0 saturated heterocycles. The van der Waals surface area contributed by atoms with Gasteiger partial charge in [0.1, 0.15) is 9.84 Å². The maximum atomic E-state index is 13.6. The Balaban J connectivity index is 1.45. The summed E-state index contributed by atoms with van der Waals surface area (Å²) in [7, 11) is 0. The van der Waals surface area contributed by atoms with Crippen LogP contribution in [0.5, 0.6) is 0 Å². The molecule has 0 aliphatic heterocycles. The van der Waals surface area contributed by atoms with Crippen molar-refractivity contribution in [3.8, 4) is 10.6 Å². The second-order valence-corrected chi connectivity index (χ2v) is 11.1. The Morgan fingerprint density at radius 1 is 1.09 bits per heavy atom. The minimum atomic E-state index is 0.163. The van der Waals surface area contributed by atoms with Crippen molar-refractivity contribution in [3.63, 3.8) is 0 Å². The van der Waals surface area contributed by atoms with Gasteiger partial charge in [0.25, 0.3) is 5.56 Å². The molecule has 0 amide bonds. The summed E-state index contributed by atoms with van der Waals surface area (Å²) in [5, 5.41) is 4.89. The first-order chi connectivity index (χ1) is 15.7. The van der Waals surface area contributed by atoms with Gasteiger partial charge in [0.15, 0.2) is 5.16 Å². The number of unbranched alkanes of at least 4 members (excludes halogenated alkanes) is 2. The first-order valence-electron chi connectivity index (χ1n) is 11.4. The summed E-state index contributed by atoms with van der Waals surface area (Å²) < 4.78 is 1.94. The van der Waals surface area contributed by atoms with Crippen molar-refractivity contribution < 1.29 is 0 Å². The summed E-state index contributed by atoms with van der Waals surface area (Å²) in [5.74, 6) is 0.722. The Hall–Kier alpha value is -1.96. The summed E-state index contributed by atoms with van der Waals surface area (Å²) in [4.78, 5) is 25.7. The van der Waals surface area contributed by atoms with Crippen LogP contribution in [-0.4, -0.2) is 14.5 Å². The van der Waals surface area contributed by atoms with Crippen LogP contribution >= 0.6 is 34.4 Å². The molecule has 3 aromatic heterocycles. The van der Waals surface area contributed by atoms with E-state index in [1.165, 1.54) is 23.3 Å². The van der Waals surface area contributed by atoms with Crippen molar-refractivity contribution >= 4 is 44.7 Å². The molecule has 7 heteroatoms. The number of nitrogens with zero attached hydrogens (tertiary/aromatic N) is 3. The van der Waals surface area contributed by atoms with Crippen LogP contribution in [0.2, 0.25) is 0 Å². The highest BCUT2D eigenvalue weighted by atomic mass is 32.2. The molecule has 0 fully saturated rings. The molecule has 0 spiro atoms. The van der Waals surface area contributed by atoms with Crippen molar-refractivity contribution in [3.05, 3.63) is 62.2 Å². The summed E-state index contributed by atoms with van der Waals surface area (Å²) >= 11 is 5.05. The molecule has 5 rings (SSSR count). The first kappa shape index (κ1) is 21.9. The lowest BCUT2D eigenvalue weighted by Crippen LogP contribution is -2.24. The zero-order valence-electron chi connectivity index (χ0n) is 18.3. The van der Waals surface area contributed by atoms with Gasteiger partial charge in [-0.3, -0.25) is 9.36 Å². The largest absolute Gasteiger partial charge is 0.287 e. The van der Waals surface area contributed by atoms with Crippen LogP contribution in [0, 0.1) is 0 Å². The number of rotatable bonds is 8. The van der Waals surface area contributed by atoms with Gasteiger partial charge in [0.05, 0.1) is 11.1 Å². The quantitative estimate of drug-likeness (QED) is 0.155. The topological polar surface area (TPSA) is 47.8 Å². The molecule has 4 aromatic rings. The van der Waals surface area contributed by atoms with Gasteiger partial charge in [-0.25, -0.2) is 9.97 Å². The Morgan fingerprint density at radius 3 is 2.78 bits per heavy atom. The van der Waals surface area contributed by atoms with Crippen molar-refractivity contribution in [2.75, 3.05) is 0 Å². The molecule has 0 bridgehead atoms. The lowest BCUT2D eigenvalue weighted by atomic mass is 9.97. The van der Waals surface area contributed by atoms with Crippen LogP contribution in [-0.2, 0) is 25.1 Å². The Bertz CT molecular complexity index is 1270. The van der Waals surface area contributed by atoms with E-state index in [0.717, 1.165) is 76.0 Å². The molecule has 166 valence electrons. The van der Waals surface area contributed by atoms with E-state index in [9.17, 15) is 4.79 Å². The second-order valence-electron chi connectivity index (χ2n) is 8.25. The van der Waals surface area contributed by atoms with E-state index >= 15 is 0 Å². The Labute approximate surface area is 200 Å². The molecule has 3 heterocycles. The van der Waals surface area contributed by atoms with Gasteiger partial charge in [0, 0.05) is 28.1 Å². The highest BCUT2D eigenvalue weighted by Gasteiger charge is 2.22. The maximum absolute atomic E-state index is 13.6. The number of fused-ring (bicyclic) bond motifs is 3. The first-order valence-corrected chi connectivity index (χ1v) is 14.1. The number of hydrogen-bond donors (Lipinski definition) is 0. The van der Waals surface area contributed by atoms with Crippen LogP contribution in [0.3, 0.4) is 0 Å². The molecule has 0 radical (unpaired) electrons. The number of benzene rings is 1. The molecular formula is C25H27N3OS3. The number of thioether (sulfide) groups is 1. The van der Waals surface area contributed by atoms with E-state index in [-0.39, 0.29) is 5.56 Å².